The molecule has 0 N–H and O–H groups in total. The van der Waals surface area contributed by atoms with Gasteiger partial charge in [0.05, 0.1) is 7.11 Å². The van der Waals surface area contributed by atoms with Gasteiger partial charge in [-0.15, -0.1) is 0 Å². The number of halogens is 1. The van der Waals surface area contributed by atoms with Gasteiger partial charge in [0.15, 0.2) is 0 Å². The summed E-state index contributed by atoms with van der Waals surface area (Å²) in [6.45, 7) is 0. The van der Waals surface area contributed by atoms with Crippen molar-refractivity contribution >= 4 is 11.6 Å². The highest BCUT2D eigenvalue weighted by Gasteiger charge is 2.14. The zero-order valence-electron chi connectivity index (χ0n) is 12.7. The summed E-state index contributed by atoms with van der Waals surface area (Å²) in [4.78, 5) is 12.2. The van der Waals surface area contributed by atoms with Crippen molar-refractivity contribution < 1.29 is 9.15 Å². The molecule has 0 atom stereocenters. The Labute approximate surface area is 143 Å². The van der Waals surface area contributed by atoms with E-state index < -0.39 is 5.63 Å². The highest BCUT2D eigenvalue weighted by molar-refractivity contribution is 6.30. The predicted molar refractivity (Wildman–Crippen MR) is 92.1 cm³/mol. The van der Waals surface area contributed by atoms with Crippen LogP contribution in [0, 0.1) is 11.3 Å². The molecule has 0 unspecified atom stereocenters. The van der Waals surface area contributed by atoms with Gasteiger partial charge in [-0.1, -0.05) is 23.7 Å². The number of benzene rings is 2. The fraction of sp³-hybridized carbons (Fsp3) is 0.0526. The van der Waals surface area contributed by atoms with Gasteiger partial charge in [-0.2, -0.15) is 5.26 Å². The molecule has 4 nitrogen and oxygen atoms in total. The molecule has 0 saturated carbocycles. The molecule has 0 radical (unpaired) electrons. The van der Waals surface area contributed by atoms with Crippen molar-refractivity contribution in [1.29, 1.82) is 5.26 Å². The normalized spacial score (nSPS) is 10.2. The van der Waals surface area contributed by atoms with Crippen molar-refractivity contribution in [1.82, 2.24) is 0 Å². The van der Waals surface area contributed by atoms with Crippen LogP contribution in [0.15, 0.2) is 63.8 Å². The van der Waals surface area contributed by atoms with Crippen molar-refractivity contribution in [3.8, 4) is 34.3 Å². The standard InChI is InChI=1S/C19H12ClNO3/c1-23-15-8-4-12(5-9-15)16-10-18(24-19(22)17(16)11-21)13-2-6-14(20)7-3-13/h2-10H,1H3. The van der Waals surface area contributed by atoms with E-state index in [1.165, 1.54) is 0 Å². The Morgan fingerprint density at radius 1 is 1.04 bits per heavy atom. The Morgan fingerprint density at radius 3 is 2.25 bits per heavy atom. The van der Waals surface area contributed by atoms with E-state index in [4.69, 9.17) is 20.8 Å². The van der Waals surface area contributed by atoms with Gasteiger partial charge in [-0.25, -0.2) is 4.79 Å². The monoisotopic (exact) mass is 337 g/mol. The number of methoxy groups -OCH3 is 1. The van der Waals surface area contributed by atoms with E-state index in [0.717, 1.165) is 5.56 Å². The first-order chi connectivity index (χ1) is 11.6. The summed E-state index contributed by atoms with van der Waals surface area (Å²) >= 11 is 5.89. The highest BCUT2D eigenvalue weighted by Crippen LogP contribution is 2.29. The van der Waals surface area contributed by atoms with E-state index in [1.54, 1.807) is 61.7 Å². The molecule has 1 heterocycles. The van der Waals surface area contributed by atoms with Crippen molar-refractivity contribution in [2.24, 2.45) is 0 Å². The van der Waals surface area contributed by atoms with Gasteiger partial charge in [0.2, 0.25) is 0 Å². The first-order valence-corrected chi connectivity index (χ1v) is 7.49. The Morgan fingerprint density at radius 2 is 1.67 bits per heavy atom. The molecule has 0 aliphatic heterocycles. The average Bonchev–Trinajstić information content (AvgIpc) is 2.61. The largest absolute Gasteiger partial charge is 0.497 e. The van der Waals surface area contributed by atoms with E-state index in [0.29, 0.717) is 27.7 Å². The molecule has 1 aromatic heterocycles. The number of nitrogens with zero attached hydrogens (tertiary/aromatic N) is 1. The van der Waals surface area contributed by atoms with Gasteiger partial charge >= 0.3 is 5.63 Å². The Hall–Kier alpha value is -3.03. The first-order valence-electron chi connectivity index (χ1n) is 7.11. The maximum Gasteiger partial charge on any atom is 0.354 e. The number of nitriles is 1. The molecule has 0 amide bonds. The van der Waals surface area contributed by atoms with Crippen molar-refractivity contribution in [3.05, 3.63) is 75.6 Å². The zero-order valence-corrected chi connectivity index (χ0v) is 13.5. The van der Waals surface area contributed by atoms with Crippen LogP contribution in [0.4, 0.5) is 0 Å². The first kappa shape index (κ1) is 15.9. The summed E-state index contributed by atoms with van der Waals surface area (Å²) in [5.74, 6) is 1.07. The van der Waals surface area contributed by atoms with Crippen LogP contribution in [-0.4, -0.2) is 7.11 Å². The van der Waals surface area contributed by atoms with E-state index in [-0.39, 0.29) is 5.56 Å². The van der Waals surface area contributed by atoms with Crippen LogP contribution < -0.4 is 10.4 Å². The third kappa shape index (κ3) is 3.03. The number of ether oxygens (including phenoxy) is 1. The Bertz CT molecular complexity index is 967. The highest BCUT2D eigenvalue weighted by atomic mass is 35.5. The molecule has 0 aliphatic carbocycles. The van der Waals surface area contributed by atoms with E-state index in [1.807, 2.05) is 6.07 Å². The van der Waals surface area contributed by atoms with E-state index in [2.05, 4.69) is 0 Å². The number of hydrogen-bond acceptors (Lipinski definition) is 4. The molecule has 5 heteroatoms. The van der Waals surface area contributed by atoms with Crippen LogP contribution in [0.3, 0.4) is 0 Å². The minimum atomic E-state index is -0.671. The summed E-state index contributed by atoms with van der Waals surface area (Å²) < 4.78 is 10.4. The minimum Gasteiger partial charge on any atom is -0.497 e. The van der Waals surface area contributed by atoms with E-state index >= 15 is 0 Å². The number of rotatable bonds is 3. The lowest BCUT2D eigenvalue weighted by atomic mass is 10.00. The third-order valence-electron chi connectivity index (χ3n) is 3.59. The predicted octanol–water partition coefficient (Wildman–Crippen LogP) is 4.51. The second kappa shape index (κ2) is 6.61. The van der Waals surface area contributed by atoms with Crippen LogP contribution in [-0.2, 0) is 0 Å². The average molecular weight is 338 g/mol. The minimum absolute atomic E-state index is 0.0297. The maximum atomic E-state index is 12.2. The summed E-state index contributed by atoms with van der Waals surface area (Å²) in [6, 6.07) is 17.7. The molecule has 0 fully saturated rings. The molecule has 3 rings (SSSR count). The molecular weight excluding hydrogens is 326 g/mol. The topological polar surface area (TPSA) is 63.2 Å². The van der Waals surface area contributed by atoms with Crippen LogP contribution >= 0.6 is 11.6 Å². The molecular formula is C19H12ClNO3. The van der Waals surface area contributed by atoms with Gasteiger partial charge in [0.25, 0.3) is 0 Å². The molecule has 2 aromatic carbocycles. The van der Waals surface area contributed by atoms with Crippen molar-refractivity contribution in [2.75, 3.05) is 7.11 Å². The molecule has 0 saturated heterocycles. The van der Waals surface area contributed by atoms with Crippen molar-refractivity contribution in [3.63, 3.8) is 0 Å². The summed E-state index contributed by atoms with van der Waals surface area (Å²) in [5.41, 5.74) is 1.25. The van der Waals surface area contributed by atoms with Crippen LogP contribution in [0.25, 0.3) is 22.5 Å². The summed E-state index contributed by atoms with van der Waals surface area (Å²) in [7, 11) is 1.57. The fourth-order valence-electron chi connectivity index (χ4n) is 2.35. The van der Waals surface area contributed by atoms with E-state index in [9.17, 15) is 10.1 Å². The third-order valence-corrected chi connectivity index (χ3v) is 3.85. The van der Waals surface area contributed by atoms with Crippen LogP contribution in [0.1, 0.15) is 5.56 Å². The Kier molecular flexibility index (Phi) is 4.37. The van der Waals surface area contributed by atoms with Gasteiger partial charge in [-0.05, 0) is 48.0 Å². The Balaban J connectivity index is 2.18. The second-order valence-corrected chi connectivity index (χ2v) is 5.47. The van der Waals surface area contributed by atoms with Gasteiger partial charge in [-0.3, -0.25) is 0 Å². The number of hydrogen-bond donors (Lipinski definition) is 0. The molecule has 24 heavy (non-hydrogen) atoms. The summed E-state index contributed by atoms with van der Waals surface area (Å²) in [5, 5.41) is 9.90. The van der Waals surface area contributed by atoms with Crippen LogP contribution in [0.5, 0.6) is 5.75 Å². The molecule has 3 aromatic rings. The van der Waals surface area contributed by atoms with Gasteiger partial charge < -0.3 is 9.15 Å². The molecule has 0 aliphatic rings. The lowest BCUT2D eigenvalue weighted by molar-refractivity contribution is 0.415. The fourth-order valence-corrected chi connectivity index (χ4v) is 2.48. The van der Waals surface area contributed by atoms with Gasteiger partial charge in [0.1, 0.15) is 23.1 Å². The lowest BCUT2D eigenvalue weighted by Crippen LogP contribution is -2.07. The SMILES string of the molecule is COc1ccc(-c2cc(-c3ccc(Cl)cc3)oc(=O)c2C#N)cc1. The molecule has 0 spiro atoms. The van der Waals surface area contributed by atoms with Gasteiger partial charge in [0, 0.05) is 16.1 Å². The van der Waals surface area contributed by atoms with Crippen LogP contribution in [0.2, 0.25) is 5.02 Å². The summed E-state index contributed by atoms with van der Waals surface area (Å²) in [6.07, 6.45) is 0. The zero-order chi connectivity index (χ0) is 17.1. The lowest BCUT2D eigenvalue weighted by Gasteiger charge is -2.08. The quantitative estimate of drug-likeness (QED) is 0.705. The maximum absolute atomic E-state index is 12.2. The molecule has 118 valence electrons. The van der Waals surface area contributed by atoms with Crippen molar-refractivity contribution in [2.45, 2.75) is 0 Å². The smallest absolute Gasteiger partial charge is 0.354 e. The molecule has 0 bridgehead atoms. The second-order valence-electron chi connectivity index (χ2n) is 5.03.